The number of rotatable bonds is 2. The highest BCUT2D eigenvalue weighted by Crippen LogP contribution is 2.25. The van der Waals surface area contributed by atoms with Crippen LogP contribution in [0.4, 0.5) is 5.69 Å². The summed E-state index contributed by atoms with van der Waals surface area (Å²) in [7, 11) is 1.59. The van der Waals surface area contributed by atoms with E-state index in [0.29, 0.717) is 5.69 Å². The SMILES string of the molecule is CNC(=O)c1cc(N2CCC(C)(O)CC2)ccn1. The summed E-state index contributed by atoms with van der Waals surface area (Å²) in [5.74, 6) is -0.180. The van der Waals surface area contributed by atoms with Crippen molar-refractivity contribution in [3.05, 3.63) is 24.0 Å². The third-order valence-corrected chi connectivity index (χ3v) is 3.41. The molecule has 0 unspecified atom stereocenters. The average molecular weight is 249 g/mol. The third-order valence-electron chi connectivity index (χ3n) is 3.41. The number of pyridine rings is 1. The van der Waals surface area contributed by atoms with Gasteiger partial charge in [0.15, 0.2) is 0 Å². The second kappa shape index (κ2) is 4.94. The van der Waals surface area contributed by atoms with Crippen LogP contribution in [0.15, 0.2) is 18.3 Å². The average Bonchev–Trinajstić information content (AvgIpc) is 2.38. The molecule has 1 aliphatic rings. The fraction of sp³-hybridized carbons (Fsp3) is 0.538. The van der Waals surface area contributed by atoms with Crippen molar-refractivity contribution in [2.75, 3.05) is 25.0 Å². The maximum atomic E-state index is 11.5. The monoisotopic (exact) mass is 249 g/mol. The fourth-order valence-electron chi connectivity index (χ4n) is 2.11. The van der Waals surface area contributed by atoms with E-state index in [2.05, 4.69) is 15.2 Å². The molecule has 1 saturated heterocycles. The smallest absolute Gasteiger partial charge is 0.269 e. The van der Waals surface area contributed by atoms with Crippen molar-refractivity contribution >= 4 is 11.6 Å². The van der Waals surface area contributed by atoms with Gasteiger partial charge in [0.25, 0.3) is 5.91 Å². The van der Waals surface area contributed by atoms with Crippen LogP contribution in [0.25, 0.3) is 0 Å². The zero-order valence-corrected chi connectivity index (χ0v) is 10.8. The van der Waals surface area contributed by atoms with Gasteiger partial charge in [-0.15, -0.1) is 0 Å². The highest BCUT2D eigenvalue weighted by molar-refractivity contribution is 5.92. The van der Waals surface area contributed by atoms with Gasteiger partial charge in [-0.05, 0) is 31.9 Å². The molecular formula is C13H19N3O2. The summed E-state index contributed by atoms with van der Waals surface area (Å²) in [6, 6.07) is 3.69. The van der Waals surface area contributed by atoms with Crippen LogP contribution >= 0.6 is 0 Å². The number of nitrogens with zero attached hydrogens (tertiary/aromatic N) is 2. The number of carbonyl (C=O) groups is 1. The van der Waals surface area contributed by atoms with E-state index in [-0.39, 0.29) is 5.91 Å². The Morgan fingerprint density at radius 1 is 1.50 bits per heavy atom. The lowest BCUT2D eigenvalue weighted by molar-refractivity contribution is 0.0351. The first-order chi connectivity index (χ1) is 8.52. The van der Waals surface area contributed by atoms with Gasteiger partial charge in [0.05, 0.1) is 5.60 Å². The predicted octanol–water partition coefficient (Wildman–Crippen LogP) is 0.792. The molecule has 2 N–H and O–H groups in total. The van der Waals surface area contributed by atoms with Crippen molar-refractivity contribution in [1.29, 1.82) is 0 Å². The van der Waals surface area contributed by atoms with Crippen molar-refractivity contribution in [2.45, 2.75) is 25.4 Å². The molecule has 1 fully saturated rings. The zero-order valence-electron chi connectivity index (χ0n) is 10.8. The first kappa shape index (κ1) is 12.8. The van der Waals surface area contributed by atoms with Gasteiger partial charge in [-0.3, -0.25) is 9.78 Å². The number of hydrogen-bond donors (Lipinski definition) is 2. The molecule has 0 aromatic carbocycles. The number of piperidine rings is 1. The largest absolute Gasteiger partial charge is 0.390 e. The molecular weight excluding hydrogens is 230 g/mol. The molecule has 0 aliphatic carbocycles. The zero-order chi connectivity index (χ0) is 13.2. The predicted molar refractivity (Wildman–Crippen MR) is 69.7 cm³/mol. The summed E-state index contributed by atoms with van der Waals surface area (Å²) in [6.45, 7) is 3.46. The minimum atomic E-state index is -0.562. The van der Waals surface area contributed by atoms with E-state index in [0.717, 1.165) is 31.6 Å². The van der Waals surface area contributed by atoms with E-state index >= 15 is 0 Å². The summed E-state index contributed by atoms with van der Waals surface area (Å²) >= 11 is 0. The fourth-order valence-corrected chi connectivity index (χ4v) is 2.11. The first-order valence-electron chi connectivity index (χ1n) is 6.17. The van der Waals surface area contributed by atoms with Crippen LogP contribution in [0.2, 0.25) is 0 Å². The minimum Gasteiger partial charge on any atom is -0.390 e. The van der Waals surface area contributed by atoms with Gasteiger partial charge in [0.1, 0.15) is 5.69 Å². The number of aliphatic hydroxyl groups is 1. The molecule has 2 heterocycles. The third kappa shape index (κ3) is 2.79. The van der Waals surface area contributed by atoms with Crippen LogP contribution < -0.4 is 10.2 Å². The maximum Gasteiger partial charge on any atom is 0.269 e. The second-order valence-electron chi connectivity index (χ2n) is 4.96. The molecule has 5 heteroatoms. The van der Waals surface area contributed by atoms with Gasteiger partial charge in [-0.2, -0.15) is 0 Å². The molecule has 0 saturated carbocycles. The Morgan fingerprint density at radius 3 is 2.78 bits per heavy atom. The normalized spacial score (nSPS) is 18.5. The summed E-state index contributed by atoms with van der Waals surface area (Å²) in [4.78, 5) is 17.7. The molecule has 0 spiro atoms. The van der Waals surface area contributed by atoms with E-state index in [9.17, 15) is 9.90 Å². The van der Waals surface area contributed by atoms with E-state index < -0.39 is 5.60 Å². The standard InChI is InChI=1S/C13H19N3O2/c1-13(18)4-7-16(8-5-13)10-3-6-15-11(9-10)12(17)14-2/h3,6,9,18H,4-5,7-8H2,1-2H3,(H,14,17). The molecule has 1 amide bonds. The first-order valence-corrected chi connectivity index (χ1v) is 6.17. The van der Waals surface area contributed by atoms with E-state index in [1.54, 1.807) is 19.3 Å². The lowest BCUT2D eigenvalue weighted by Gasteiger charge is -2.37. The molecule has 2 rings (SSSR count). The van der Waals surface area contributed by atoms with Crippen LogP contribution in [0.5, 0.6) is 0 Å². The molecule has 1 aromatic rings. The van der Waals surface area contributed by atoms with Crippen molar-refractivity contribution in [2.24, 2.45) is 0 Å². The van der Waals surface area contributed by atoms with Crippen molar-refractivity contribution < 1.29 is 9.90 Å². The minimum absolute atomic E-state index is 0.180. The summed E-state index contributed by atoms with van der Waals surface area (Å²) in [5, 5.41) is 12.5. The van der Waals surface area contributed by atoms with Crippen LogP contribution in [0, 0.1) is 0 Å². The van der Waals surface area contributed by atoms with Gasteiger partial charge >= 0.3 is 0 Å². The Bertz CT molecular complexity index is 436. The van der Waals surface area contributed by atoms with Crippen LogP contribution in [-0.2, 0) is 0 Å². The molecule has 5 nitrogen and oxygen atoms in total. The van der Waals surface area contributed by atoms with Crippen molar-refractivity contribution in [3.63, 3.8) is 0 Å². The Hall–Kier alpha value is -1.62. The van der Waals surface area contributed by atoms with Crippen LogP contribution in [0.3, 0.4) is 0 Å². The summed E-state index contributed by atoms with van der Waals surface area (Å²) in [6.07, 6.45) is 3.13. The molecule has 0 bridgehead atoms. The van der Waals surface area contributed by atoms with Gasteiger partial charge in [0.2, 0.25) is 0 Å². The number of nitrogens with one attached hydrogen (secondary N) is 1. The van der Waals surface area contributed by atoms with Gasteiger partial charge in [0, 0.05) is 32.0 Å². The Kier molecular flexibility index (Phi) is 3.52. The lowest BCUT2D eigenvalue weighted by atomic mass is 9.93. The van der Waals surface area contributed by atoms with Crippen LogP contribution in [0.1, 0.15) is 30.3 Å². The number of anilines is 1. The Balaban J connectivity index is 2.12. The van der Waals surface area contributed by atoms with E-state index in [4.69, 9.17) is 0 Å². The van der Waals surface area contributed by atoms with E-state index in [1.807, 2.05) is 13.0 Å². The molecule has 98 valence electrons. The van der Waals surface area contributed by atoms with E-state index in [1.165, 1.54) is 0 Å². The summed E-state index contributed by atoms with van der Waals surface area (Å²) in [5.41, 5.74) is 0.846. The molecule has 0 radical (unpaired) electrons. The van der Waals surface area contributed by atoms with Crippen molar-refractivity contribution in [1.82, 2.24) is 10.3 Å². The number of hydrogen-bond acceptors (Lipinski definition) is 4. The maximum absolute atomic E-state index is 11.5. The van der Waals surface area contributed by atoms with Gasteiger partial charge in [-0.1, -0.05) is 0 Å². The second-order valence-corrected chi connectivity index (χ2v) is 4.96. The Morgan fingerprint density at radius 2 is 2.17 bits per heavy atom. The summed E-state index contributed by atoms with van der Waals surface area (Å²) < 4.78 is 0. The quantitative estimate of drug-likeness (QED) is 0.813. The molecule has 0 atom stereocenters. The highest BCUT2D eigenvalue weighted by atomic mass is 16.3. The Labute approximate surface area is 107 Å². The molecule has 1 aliphatic heterocycles. The van der Waals surface area contributed by atoms with Crippen LogP contribution in [-0.4, -0.2) is 41.7 Å². The van der Waals surface area contributed by atoms with Crippen molar-refractivity contribution in [3.8, 4) is 0 Å². The molecule has 18 heavy (non-hydrogen) atoms. The van der Waals surface area contributed by atoms with Gasteiger partial charge < -0.3 is 15.3 Å². The lowest BCUT2D eigenvalue weighted by Crippen LogP contribution is -2.42. The highest BCUT2D eigenvalue weighted by Gasteiger charge is 2.27. The topological polar surface area (TPSA) is 65.5 Å². The van der Waals surface area contributed by atoms with Gasteiger partial charge in [-0.25, -0.2) is 0 Å². The number of aromatic nitrogens is 1. The molecule has 1 aromatic heterocycles. The number of amides is 1. The number of carbonyl (C=O) groups excluding carboxylic acids is 1.